The molecule has 3 rings (SSSR count). The largest absolute Gasteiger partial charge is 0.355 e. The van der Waals surface area contributed by atoms with Gasteiger partial charge in [-0.3, -0.25) is 4.79 Å². The van der Waals surface area contributed by atoms with Crippen molar-refractivity contribution in [3.8, 4) is 0 Å². The molecule has 1 aromatic carbocycles. The van der Waals surface area contributed by atoms with Gasteiger partial charge in [-0.1, -0.05) is 42.7 Å². The fraction of sp³-hybridized carbons (Fsp3) is 0.588. The highest BCUT2D eigenvalue weighted by atomic mass is 35.5. The first kappa shape index (κ1) is 16.3. The highest BCUT2D eigenvalue weighted by molar-refractivity contribution is 5.85. The molecule has 0 spiro atoms. The van der Waals surface area contributed by atoms with E-state index >= 15 is 0 Å². The van der Waals surface area contributed by atoms with Crippen LogP contribution in [-0.4, -0.2) is 25.5 Å². The molecular weight excluding hydrogens is 284 g/mol. The Morgan fingerprint density at radius 1 is 1.33 bits per heavy atom. The first-order valence-electron chi connectivity index (χ1n) is 7.75. The van der Waals surface area contributed by atoms with Crippen LogP contribution in [0, 0.1) is 12.8 Å². The minimum absolute atomic E-state index is 0. The molecule has 0 unspecified atom stereocenters. The summed E-state index contributed by atoms with van der Waals surface area (Å²) in [5, 5.41) is 6.36. The lowest BCUT2D eigenvalue weighted by Crippen LogP contribution is -2.52. The standard InChI is InChI=1S/C17H24N2O.ClH/c1-13-5-4-6-15(9-13)17(7-2-3-8-17)12-19-16(20)14-10-18-11-14;/h4-6,9,14,18H,2-3,7-8,10-12H2,1H3,(H,19,20);1H. The molecule has 1 aromatic rings. The molecule has 116 valence electrons. The Bertz CT molecular complexity index is 493. The van der Waals surface area contributed by atoms with Gasteiger partial charge >= 0.3 is 0 Å². The van der Waals surface area contributed by atoms with Gasteiger partial charge in [-0.05, 0) is 25.3 Å². The van der Waals surface area contributed by atoms with Crippen molar-refractivity contribution in [2.45, 2.75) is 38.0 Å². The highest BCUT2D eigenvalue weighted by Gasteiger charge is 2.36. The van der Waals surface area contributed by atoms with Gasteiger partial charge in [0.05, 0.1) is 5.92 Å². The molecule has 1 aliphatic heterocycles. The van der Waals surface area contributed by atoms with E-state index in [0.717, 1.165) is 19.6 Å². The van der Waals surface area contributed by atoms with E-state index in [1.807, 2.05) is 0 Å². The Labute approximate surface area is 133 Å². The minimum Gasteiger partial charge on any atom is -0.355 e. The van der Waals surface area contributed by atoms with Gasteiger partial charge in [-0.25, -0.2) is 0 Å². The van der Waals surface area contributed by atoms with Gasteiger partial charge in [0, 0.05) is 25.0 Å². The normalized spacial score (nSPS) is 20.4. The number of benzene rings is 1. The van der Waals surface area contributed by atoms with Crippen molar-refractivity contribution in [3.63, 3.8) is 0 Å². The molecule has 2 aliphatic rings. The molecule has 3 nitrogen and oxygen atoms in total. The van der Waals surface area contributed by atoms with Gasteiger partial charge in [0.2, 0.25) is 5.91 Å². The van der Waals surface area contributed by atoms with E-state index in [1.165, 1.54) is 36.8 Å². The fourth-order valence-electron chi connectivity index (χ4n) is 3.47. The minimum atomic E-state index is 0. The average Bonchev–Trinajstić information content (AvgIpc) is 2.84. The lowest BCUT2D eigenvalue weighted by atomic mass is 9.78. The summed E-state index contributed by atoms with van der Waals surface area (Å²) < 4.78 is 0. The third-order valence-corrected chi connectivity index (χ3v) is 4.94. The van der Waals surface area contributed by atoms with E-state index < -0.39 is 0 Å². The quantitative estimate of drug-likeness (QED) is 0.897. The zero-order chi connectivity index (χ0) is 14.0. The van der Waals surface area contributed by atoms with Crippen molar-refractivity contribution >= 4 is 18.3 Å². The summed E-state index contributed by atoms with van der Waals surface area (Å²) in [5.74, 6) is 0.411. The van der Waals surface area contributed by atoms with Crippen LogP contribution in [0.3, 0.4) is 0 Å². The maximum Gasteiger partial charge on any atom is 0.225 e. The molecule has 2 fully saturated rings. The summed E-state index contributed by atoms with van der Waals surface area (Å²) in [6.07, 6.45) is 4.93. The first-order chi connectivity index (χ1) is 9.70. The molecule has 0 bridgehead atoms. The number of hydrogen-bond acceptors (Lipinski definition) is 2. The van der Waals surface area contributed by atoms with Crippen LogP contribution in [0.4, 0.5) is 0 Å². The summed E-state index contributed by atoms with van der Waals surface area (Å²) in [6.45, 7) is 4.61. The Balaban J connectivity index is 0.00000161. The zero-order valence-corrected chi connectivity index (χ0v) is 13.5. The molecular formula is C17H25ClN2O. The molecule has 1 saturated heterocycles. The molecule has 0 radical (unpaired) electrons. The Morgan fingerprint density at radius 3 is 2.62 bits per heavy atom. The lowest BCUT2D eigenvalue weighted by Gasteiger charge is -2.32. The van der Waals surface area contributed by atoms with Crippen LogP contribution in [0.2, 0.25) is 0 Å². The molecule has 1 amide bonds. The van der Waals surface area contributed by atoms with E-state index in [9.17, 15) is 4.79 Å². The number of halogens is 1. The van der Waals surface area contributed by atoms with Gasteiger partial charge in [0.15, 0.2) is 0 Å². The van der Waals surface area contributed by atoms with Crippen molar-refractivity contribution in [2.75, 3.05) is 19.6 Å². The topological polar surface area (TPSA) is 41.1 Å². The van der Waals surface area contributed by atoms with E-state index in [0.29, 0.717) is 0 Å². The number of carbonyl (C=O) groups excluding carboxylic acids is 1. The molecule has 0 atom stereocenters. The van der Waals surface area contributed by atoms with Crippen molar-refractivity contribution in [1.29, 1.82) is 0 Å². The predicted molar refractivity (Wildman–Crippen MR) is 87.9 cm³/mol. The van der Waals surface area contributed by atoms with Crippen LogP contribution in [0.25, 0.3) is 0 Å². The summed E-state index contributed by atoms with van der Waals surface area (Å²) in [6, 6.07) is 8.81. The van der Waals surface area contributed by atoms with E-state index in [2.05, 4.69) is 41.8 Å². The number of aryl methyl sites for hydroxylation is 1. The third-order valence-electron chi connectivity index (χ3n) is 4.94. The second kappa shape index (κ2) is 6.80. The highest BCUT2D eigenvalue weighted by Crippen LogP contribution is 2.40. The van der Waals surface area contributed by atoms with Crippen LogP contribution in [0.5, 0.6) is 0 Å². The molecule has 21 heavy (non-hydrogen) atoms. The van der Waals surface area contributed by atoms with Crippen molar-refractivity contribution in [3.05, 3.63) is 35.4 Å². The third kappa shape index (κ3) is 3.41. The summed E-state index contributed by atoms with van der Waals surface area (Å²) in [4.78, 5) is 12.1. The number of rotatable bonds is 4. The number of carbonyl (C=O) groups is 1. The molecule has 0 aromatic heterocycles. The monoisotopic (exact) mass is 308 g/mol. The van der Waals surface area contributed by atoms with E-state index in [1.54, 1.807) is 0 Å². The van der Waals surface area contributed by atoms with Crippen LogP contribution < -0.4 is 10.6 Å². The maximum atomic E-state index is 12.1. The van der Waals surface area contributed by atoms with Crippen LogP contribution in [0.1, 0.15) is 36.8 Å². The van der Waals surface area contributed by atoms with Crippen molar-refractivity contribution < 1.29 is 4.79 Å². The van der Waals surface area contributed by atoms with Gasteiger partial charge in [-0.15, -0.1) is 12.4 Å². The fourth-order valence-corrected chi connectivity index (χ4v) is 3.47. The van der Waals surface area contributed by atoms with Gasteiger partial charge < -0.3 is 10.6 Å². The zero-order valence-electron chi connectivity index (χ0n) is 12.7. The van der Waals surface area contributed by atoms with Crippen LogP contribution >= 0.6 is 12.4 Å². The van der Waals surface area contributed by atoms with Crippen LogP contribution in [-0.2, 0) is 10.2 Å². The average molecular weight is 309 g/mol. The molecule has 1 aliphatic carbocycles. The second-order valence-corrected chi connectivity index (χ2v) is 6.43. The van der Waals surface area contributed by atoms with Crippen LogP contribution in [0.15, 0.2) is 24.3 Å². The van der Waals surface area contributed by atoms with E-state index in [-0.39, 0.29) is 29.6 Å². The molecule has 2 N–H and O–H groups in total. The smallest absolute Gasteiger partial charge is 0.225 e. The molecule has 1 saturated carbocycles. The van der Waals surface area contributed by atoms with Gasteiger partial charge in [0.1, 0.15) is 0 Å². The summed E-state index contributed by atoms with van der Waals surface area (Å²) in [5.41, 5.74) is 2.88. The predicted octanol–water partition coefficient (Wildman–Crippen LogP) is 2.56. The number of amides is 1. The first-order valence-corrected chi connectivity index (χ1v) is 7.75. The summed E-state index contributed by atoms with van der Waals surface area (Å²) >= 11 is 0. The Hall–Kier alpha value is -1.06. The lowest BCUT2D eigenvalue weighted by molar-refractivity contribution is -0.126. The second-order valence-electron chi connectivity index (χ2n) is 6.43. The van der Waals surface area contributed by atoms with Crippen molar-refractivity contribution in [2.24, 2.45) is 5.92 Å². The maximum absolute atomic E-state index is 12.1. The number of nitrogens with one attached hydrogen (secondary N) is 2. The number of hydrogen-bond donors (Lipinski definition) is 2. The molecule has 4 heteroatoms. The van der Waals surface area contributed by atoms with Gasteiger partial charge in [0.25, 0.3) is 0 Å². The SMILES string of the molecule is Cc1cccc(C2(CNC(=O)C3CNC3)CCCC2)c1.Cl. The van der Waals surface area contributed by atoms with E-state index in [4.69, 9.17) is 0 Å². The van der Waals surface area contributed by atoms with Crippen molar-refractivity contribution in [1.82, 2.24) is 10.6 Å². The Morgan fingerprint density at radius 2 is 2.05 bits per heavy atom. The van der Waals surface area contributed by atoms with Gasteiger partial charge in [-0.2, -0.15) is 0 Å². The Kier molecular flexibility index (Phi) is 5.28. The summed E-state index contributed by atoms with van der Waals surface area (Å²) in [7, 11) is 0. The molecule has 1 heterocycles.